The van der Waals surface area contributed by atoms with Crippen molar-refractivity contribution in [2.75, 3.05) is 64.6 Å². The quantitative estimate of drug-likeness (QED) is 0.553. The van der Waals surface area contributed by atoms with Crippen LogP contribution in [0.2, 0.25) is 0 Å². The fraction of sp³-hybridized carbons (Fsp3) is 0.708. The third-order valence-corrected chi connectivity index (χ3v) is 6.51. The van der Waals surface area contributed by atoms with Crippen molar-refractivity contribution in [1.82, 2.24) is 10.2 Å². The molecular formula is C24H38N4O3. The van der Waals surface area contributed by atoms with Gasteiger partial charge in [-0.15, -0.1) is 0 Å². The lowest BCUT2D eigenvalue weighted by Gasteiger charge is -2.35. The molecule has 3 heterocycles. The van der Waals surface area contributed by atoms with Crippen molar-refractivity contribution in [3.05, 3.63) is 29.8 Å². The van der Waals surface area contributed by atoms with Crippen molar-refractivity contribution < 1.29 is 14.2 Å². The molecule has 1 N–H and O–H groups in total. The van der Waals surface area contributed by atoms with E-state index in [4.69, 9.17) is 14.2 Å². The highest BCUT2D eigenvalue weighted by Crippen LogP contribution is 2.19. The van der Waals surface area contributed by atoms with E-state index in [2.05, 4.69) is 44.4 Å². The number of nitrogens with zero attached hydrogens (tertiary/aromatic N) is 3. The van der Waals surface area contributed by atoms with E-state index in [-0.39, 0.29) is 0 Å². The molecule has 172 valence electrons. The van der Waals surface area contributed by atoms with Gasteiger partial charge in [0.15, 0.2) is 5.96 Å². The molecule has 3 fully saturated rings. The van der Waals surface area contributed by atoms with Crippen LogP contribution in [0.1, 0.15) is 37.7 Å². The molecule has 1 atom stereocenters. The van der Waals surface area contributed by atoms with Gasteiger partial charge in [-0.2, -0.15) is 0 Å². The van der Waals surface area contributed by atoms with Crippen molar-refractivity contribution in [2.45, 2.75) is 50.9 Å². The Hall–Kier alpha value is -1.83. The van der Waals surface area contributed by atoms with E-state index in [1.807, 2.05) is 7.05 Å². The molecule has 0 aromatic heterocycles. The summed E-state index contributed by atoms with van der Waals surface area (Å²) in [6.45, 7) is 7.95. The number of piperidine rings is 1. The molecular weight excluding hydrogens is 392 g/mol. The van der Waals surface area contributed by atoms with Crippen molar-refractivity contribution in [2.24, 2.45) is 4.99 Å². The van der Waals surface area contributed by atoms with Crippen molar-refractivity contribution in [3.8, 4) is 0 Å². The largest absolute Gasteiger partial charge is 0.378 e. The summed E-state index contributed by atoms with van der Waals surface area (Å²) < 4.78 is 17.4. The van der Waals surface area contributed by atoms with Crippen molar-refractivity contribution in [3.63, 3.8) is 0 Å². The van der Waals surface area contributed by atoms with Gasteiger partial charge in [0.1, 0.15) is 0 Å². The number of rotatable bonds is 6. The monoisotopic (exact) mass is 430 g/mol. The lowest BCUT2D eigenvalue weighted by Crippen LogP contribution is -2.47. The zero-order valence-electron chi connectivity index (χ0n) is 18.9. The highest BCUT2D eigenvalue weighted by atomic mass is 16.5. The van der Waals surface area contributed by atoms with Crippen LogP contribution in [0.15, 0.2) is 29.3 Å². The number of ether oxygens (including phenoxy) is 3. The molecule has 1 unspecified atom stereocenters. The number of likely N-dealkylation sites (tertiary alicyclic amines) is 1. The fourth-order valence-corrected chi connectivity index (χ4v) is 4.58. The Bertz CT molecular complexity index is 677. The van der Waals surface area contributed by atoms with Crippen LogP contribution in [0, 0.1) is 0 Å². The smallest absolute Gasteiger partial charge is 0.193 e. The summed E-state index contributed by atoms with van der Waals surface area (Å²) >= 11 is 0. The standard InChI is InChI=1S/C24H38N4O3/c1-25-24(26-18-20-5-7-21(8-6-20)27-13-16-29-17-14-27)28-11-9-22(10-12-28)31-19-23-4-2-3-15-30-23/h5-8,22-23H,2-4,9-19H2,1H3,(H,25,26). The van der Waals surface area contributed by atoms with Gasteiger partial charge in [-0.1, -0.05) is 12.1 Å². The maximum atomic E-state index is 6.15. The van der Waals surface area contributed by atoms with Gasteiger partial charge in [0.25, 0.3) is 0 Å². The number of benzene rings is 1. The van der Waals surface area contributed by atoms with Gasteiger partial charge in [0.2, 0.25) is 0 Å². The number of guanidine groups is 1. The maximum Gasteiger partial charge on any atom is 0.193 e. The summed E-state index contributed by atoms with van der Waals surface area (Å²) in [6, 6.07) is 8.84. The minimum Gasteiger partial charge on any atom is -0.378 e. The minimum atomic E-state index is 0.302. The molecule has 31 heavy (non-hydrogen) atoms. The number of hydrogen-bond donors (Lipinski definition) is 1. The lowest BCUT2D eigenvalue weighted by atomic mass is 10.1. The van der Waals surface area contributed by atoms with E-state index in [0.29, 0.717) is 12.2 Å². The Morgan fingerprint density at radius 3 is 2.48 bits per heavy atom. The summed E-state index contributed by atoms with van der Waals surface area (Å²) in [5.41, 5.74) is 2.54. The molecule has 0 aliphatic carbocycles. The highest BCUT2D eigenvalue weighted by molar-refractivity contribution is 5.80. The van der Waals surface area contributed by atoms with E-state index in [1.165, 1.54) is 24.1 Å². The molecule has 0 bridgehead atoms. The van der Waals surface area contributed by atoms with Gasteiger partial charge in [-0.25, -0.2) is 0 Å². The SMILES string of the molecule is CN=C(NCc1ccc(N2CCOCC2)cc1)N1CCC(OCC2CCCCO2)CC1. The molecule has 1 aromatic rings. The predicted octanol–water partition coefficient (Wildman–Crippen LogP) is 2.65. The van der Waals surface area contributed by atoms with Crippen molar-refractivity contribution in [1.29, 1.82) is 0 Å². The van der Waals surface area contributed by atoms with E-state index in [1.54, 1.807) is 0 Å². The normalized spacial score (nSPS) is 23.8. The summed E-state index contributed by atoms with van der Waals surface area (Å²) in [5, 5.41) is 3.53. The molecule has 3 aliphatic rings. The molecule has 7 heteroatoms. The summed E-state index contributed by atoms with van der Waals surface area (Å²) in [6.07, 6.45) is 6.33. The lowest BCUT2D eigenvalue weighted by molar-refractivity contribution is -0.0721. The first kappa shape index (κ1) is 22.4. The second kappa shape index (κ2) is 11.7. The molecule has 3 aliphatic heterocycles. The second-order valence-electron chi connectivity index (χ2n) is 8.67. The van der Waals surface area contributed by atoms with Crippen LogP contribution in [-0.4, -0.2) is 82.7 Å². The average Bonchev–Trinajstić information content (AvgIpc) is 2.85. The molecule has 4 rings (SSSR count). The van der Waals surface area contributed by atoms with E-state index in [9.17, 15) is 0 Å². The first-order valence-electron chi connectivity index (χ1n) is 11.9. The average molecular weight is 431 g/mol. The minimum absolute atomic E-state index is 0.302. The molecule has 1 aromatic carbocycles. The third kappa shape index (κ3) is 6.57. The van der Waals surface area contributed by atoms with E-state index >= 15 is 0 Å². The summed E-state index contributed by atoms with van der Waals surface area (Å²) in [5.74, 6) is 0.978. The second-order valence-corrected chi connectivity index (χ2v) is 8.67. The van der Waals surface area contributed by atoms with Gasteiger partial charge in [-0.05, 0) is 49.8 Å². The number of anilines is 1. The van der Waals surface area contributed by atoms with Crippen LogP contribution in [0.3, 0.4) is 0 Å². The van der Waals surface area contributed by atoms with Gasteiger partial charge < -0.3 is 29.3 Å². The van der Waals surface area contributed by atoms with Gasteiger partial charge in [0, 0.05) is 52.1 Å². The topological polar surface area (TPSA) is 58.6 Å². The van der Waals surface area contributed by atoms with Crippen molar-refractivity contribution >= 4 is 11.6 Å². The number of nitrogens with one attached hydrogen (secondary N) is 1. The Morgan fingerprint density at radius 2 is 1.81 bits per heavy atom. The van der Waals surface area contributed by atoms with Gasteiger partial charge in [0.05, 0.1) is 32.0 Å². The number of morpholine rings is 1. The fourth-order valence-electron chi connectivity index (χ4n) is 4.58. The predicted molar refractivity (Wildman–Crippen MR) is 124 cm³/mol. The Morgan fingerprint density at radius 1 is 1.03 bits per heavy atom. The van der Waals surface area contributed by atoms with E-state index in [0.717, 1.165) is 84.4 Å². The van der Waals surface area contributed by atoms with Crippen LogP contribution in [0.5, 0.6) is 0 Å². The molecule has 0 saturated carbocycles. The van der Waals surface area contributed by atoms with Gasteiger partial charge >= 0.3 is 0 Å². The van der Waals surface area contributed by atoms with Crippen LogP contribution < -0.4 is 10.2 Å². The molecule has 0 amide bonds. The van der Waals surface area contributed by atoms with E-state index < -0.39 is 0 Å². The summed E-state index contributed by atoms with van der Waals surface area (Å²) in [4.78, 5) is 9.24. The summed E-state index contributed by atoms with van der Waals surface area (Å²) in [7, 11) is 1.87. The zero-order chi connectivity index (χ0) is 21.3. The number of aliphatic imine (C=N–C) groups is 1. The first-order chi connectivity index (χ1) is 15.3. The molecule has 7 nitrogen and oxygen atoms in total. The Kier molecular flexibility index (Phi) is 8.44. The van der Waals surface area contributed by atoms with Crippen LogP contribution >= 0.6 is 0 Å². The molecule has 0 radical (unpaired) electrons. The maximum absolute atomic E-state index is 6.15. The Labute approximate surface area is 186 Å². The number of hydrogen-bond acceptors (Lipinski definition) is 5. The van der Waals surface area contributed by atoms with Crippen LogP contribution in [-0.2, 0) is 20.8 Å². The molecule has 0 spiro atoms. The zero-order valence-corrected chi connectivity index (χ0v) is 18.9. The van der Waals surface area contributed by atoms with Crippen LogP contribution in [0.25, 0.3) is 0 Å². The Balaban J connectivity index is 1.18. The van der Waals surface area contributed by atoms with Gasteiger partial charge in [-0.3, -0.25) is 4.99 Å². The third-order valence-electron chi connectivity index (χ3n) is 6.51. The van der Waals surface area contributed by atoms with Crippen LogP contribution in [0.4, 0.5) is 5.69 Å². The highest BCUT2D eigenvalue weighted by Gasteiger charge is 2.23. The molecule has 3 saturated heterocycles. The first-order valence-corrected chi connectivity index (χ1v) is 11.9.